The van der Waals surface area contributed by atoms with Crippen LogP contribution in [0.25, 0.3) is 0 Å². The predicted molar refractivity (Wildman–Crippen MR) is 89.8 cm³/mol. The summed E-state index contributed by atoms with van der Waals surface area (Å²) in [5.41, 5.74) is 6.55. The van der Waals surface area contributed by atoms with Gasteiger partial charge in [0.2, 0.25) is 0 Å². The molecule has 0 saturated heterocycles. The molecule has 1 amide bonds. The number of hydrogen-bond donors (Lipinski definition) is 3. The first-order chi connectivity index (χ1) is 11.4. The average molecular weight is 350 g/mol. The van der Waals surface area contributed by atoms with Crippen molar-refractivity contribution in [3.63, 3.8) is 0 Å². The van der Waals surface area contributed by atoms with Gasteiger partial charge in [0.05, 0.1) is 27.7 Å². The number of halogens is 1. The molecular weight excluding hydrogens is 334 g/mol. The molecule has 126 valence electrons. The molecule has 0 heterocycles. The Morgan fingerprint density at radius 1 is 1.25 bits per heavy atom. The summed E-state index contributed by atoms with van der Waals surface area (Å²) in [6.07, 6.45) is -1.07. The fourth-order valence-electron chi connectivity index (χ4n) is 2.10. The van der Waals surface area contributed by atoms with Crippen molar-refractivity contribution >= 4 is 23.2 Å². The number of nitrogens with two attached hydrogens (primary N) is 1. The minimum Gasteiger partial charge on any atom is -0.387 e. The first-order valence-corrected chi connectivity index (χ1v) is 7.48. The highest BCUT2D eigenvalue weighted by Crippen LogP contribution is 2.20. The molecular formula is C16H16ClN3O4. The topological polar surface area (TPSA) is 118 Å². The maximum Gasteiger partial charge on any atom is 0.269 e. The Kier molecular flexibility index (Phi) is 5.86. The Bertz CT molecular complexity index is 736. The average Bonchev–Trinajstić information content (AvgIpc) is 2.59. The molecule has 2 atom stereocenters. The lowest BCUT2D eigenvalue weighted by molar-refractivity contribution is -0.384. The van der Waals surface area contributed by atoms with Crippen molar-refractivity contribution in [1.29, 1.82) is 0 Å². The van der Waals surface area contributed by atoms with E-state index < -0.39 is 23.0 Å². The highest BCUT2D eigenvalue weighted by atomic mass is 35.5. The van der Waals surface area contributed by atoms with E-state index >= 15 is 0 Å². The third-order valence-electron chi connectivity index (χ3n) is 3.47. The van der Waals surface area contributed by atoms with Gasteiger partial charge in [-0.15, -0.1) is 0 Å². The summed E-state index contributed by atoms with van der Waals surface area (Å²) in [4.78, 5) is 22.1. The van der Waals surface area contributed by atoms with E-state index in [4.69, 9.17) is 17.3 Å². The van der Waals surface area contributed by atoms with Crippen molar-refractivity contribution in [3.8, 4) is 0 Å². The number of nitro benzene ring substituents is 1. The van der Waals surface area contributed by atoms with Crippen molar-refractivity contribution in [3.05, 3.63) is 74.8 Å². The number of nitrogens with one attached hydrogen (secondary N) is 1. The number of nitrogens with zero attached hydrogens (tertiary/aromatic N) is 1. The second kappa shape index (κ2) is 7.87. The number of amides is 1. The van der Waals surface area contributed by atoms with Gasteiger partial charge in [-0.05, 0) is 29.8 Å². The van der Waals surface area contributed by atoms with Crippen LogP contribution >= 0.6 is 11.6 Å². The molecule has 0 aliphatic rings. The Labute approximate surface area is 143 Å². The van der Waals surface area contributed by atoms with Crippen molar-refractivity contribution in [2.75, 3.05) is 6.54 Å². The number of aliphatic hydroxyl groups excluding tert-OH is 1. The Morgan fingerprint density at radius 3 is 2.46 bits per heavy atom. The Balaban J connectivity index is 1.96. The second-order valence-electron chi connectivity index (χ2n) is 5.15. The fraction of sp³-hybridized carbons (Fsp3) is 0.188. The van der Waals surface area contributed by atoms with E-state index in [1.54, 1.807) is 24.3 Å². The number of carbonyl (C=O) groups is 1. The van der Waals surface area contributed by atoms with E-state index in [1.807, 2.05) is 0 Å². The van der Waals surface area contributed by atoms with Gasteiger partial charge in [0, 0.05) is 18.7 Å². The zero-order valence-corrected chi connectivity index (χ0v) is 13.3. The SMILES string of the molecule is N[C@@H](CNC(=O)c1ccccc1Cl)[C@@H](O)c1ccc([N+](=O)[O-])cc1. The van der Waals surface area contributed by atoms with E-state index in [-0.39, 0.29) is 12.2 Å². The molecule has 0 radical (unpaired) electrons. The Morgan fingerprint density at radius 2 is 1.88 bits per heavy atom. The highest BCUT2D eigenvalue weighted by Gasteiger charge is 2.19. The van der Waals surface area contributed by atoms with Gasteiger partial charge in [-0.2, -0.15) is 0 Å². The van der Waals surface area contributed by atoms with E-state index in [0.717, 1.165) is 0 Å². The smallest absolute Gasteiger partial charge is 0.269 e. The summed E-state index contributed by atoms with van der Waals surface area (Å²) in [7, 11) is 0. The molecule has 0 aliphatic carbocycles. The van der Waals surface area contributed by atoms with Crippen molar-refractivity contribution in [2.24, 2.45) is 5.73 Å². The molecule has 0 saturated carbocycles. The van der Waals surface area contributed by atoms with Gasteiger partial charge in [-0.1, -0.05) is 23.7 Å². The quantitative estimate of drug-likeness (QED) is 0.544. The standard InChI is InChI=1S/C16H16ClN3O4/c17-13-4-2-1-3-12(13)16(22)19-9-14(18)15(21)10-5-7-11(8-6-10)20(23)24/h1-8,14-15,21H,9,18H2,(H,19,22)/t14-,15-/m0/s1. The molecule has 2 rings (SSSR count). The maximum atomic E-state index is 12.0. The van der Waals surface area contributed by atoms with Crippen molar-refractivity contribution in [1.82, 2.24) is 5.32 Å². The van der Waals surface area contributed by atoms with Crippen LogP contribution < -0.4 is 11.1 Å². The van der Waals surface area contributed by atoms with Crippen LogP contribution in [0.1, 0.15) is 22.0 Å². The summed E-state index contributed by atoms with van der Waals surface area (Å²) < 4.78 is 0. The van der Waals surface area contributed by atoms with Gasteiger partial charge in [0.15, 0.2) is 0 Å². The normalized spacial score (nSPS) is 13.1. The molecule has 0 bridgehead atoms. The second-order valence-corrected chi connectivity index (χ2v) is 5.55. The van der Waals surface area contributed by atoms with Crippen molar-refractivity contribution < 1.29 is 14.8 Å². The molecule has 2 aromatic carbocycles. The number of nitro groups is 1. The molecule has 0 aliphatic heterocycles. The van der Waals surface area contributed by atoms with Gasteiger partial charge in [-0.25, -0.2) is 0 Å². The third-order valence-corrected chi connectivity index (χ3v) is 3.80. The number of benzene rings is 2. The van der Waals surface area contributed by atoms with Crippen LogP contribution in [0.2, 0.25) is 5.02 Å². The van der Waals surface area contributed by atoms with Crippen LogP contribution in [0.3, 0.4) is 0 Å². The van der Waals surface area contributed by atoms with Crippen LogP contribution in [0.5, 0.6) is 0 Å². The first-order valence-electron chi connectivity index (χ1n) is 7.11. The van der Waals surface area contributed by atoms with Gasteiger partial charge < -0.3 is 16.2 Å². The number of aliphatic hydroxyl groups is 1. The zero-order chi connectivity index (χ0) is 17.7. The van der Waals surface area contributed by atoms with Crippen LogP contribution in [0, 0.1) is 10.1 Å². The van der Waals surface area contributed by atoms with E-state index in [0.29, 0.717) is 16.1 Å². The fourth-order valence-corrected chi connectivity index (χ4v) is 2.32. The number of hydrogen-bond acceptors (Lipinski definition) is 5. The summed E-state index contributed by atoms with van der Waals surface area (Å²) >= 11 is 5.94. The van der Waals surface area contributed by atoms with Crippen LogP contribution in [0.4, 0.5) is 5.69 Å². The van der Waals surface area contributed by atoms with Crippen molar-refractivity contribution in [2.45, 2.75) is 12.1 Å². The number of non-ortho nitro benzene ring substituents is 1. The van der Waals surface area contributed by atoms with Gasteiger partial charge in [0.1, 0.15) is 0 Å². The third kappa shape index (κ3) is 4.29. The molecule has 24 heavy (non-hydrogen) atoms. The summed E-state index contributed by atoms with van der Waals surface area (Å²) in [6, 6.07) is 11.2. The Hall–Kier alpha value is -2.48. The first kappa shape index (κ1) is 17.9. The molecule has 4 N–H and O–H groups in total. The molecule has 0 spiro atoms. The molecule has 7 nitrogen and oxygen atoms in total. The largest absolute Gasteiger partial charge is 0.387 e. The van der Waals surface area contributed by atoms with Crippen LogP contribution in [-0.2, 0) is 0 Å². The summed E-state index contributed by atoms with van der Waals surface area (Å²) in [5, 5.41) is 23.7. The lowest BCUT2D eigenvalue weighted by atomic mass is 10.0. The molecule has 0 unspecified atom stereocenters. The van der Waals surface area contributed by atoms with E-state index in [9.17, 15) is 20.0 Å². The molecule has 8 heteroatoms. The monoisotopic (exact) mass is 349 g/mol. The summed E-state index contributed by atoms with van der Waals surface area (Å²) in [5.74, 6) is -0.396. The number of carbonyl (C=O) groups excluding carboxylic acids is 1. The molecule has 0 aromatic heterocycles. The summed E-state index contributed by atoms with van der Waals surface area (Å²) in [6.45, 7) is 0.0161. The zero-order valence-electron chi connectivity index (χ0n) is 12.6. The van der Waals surface area contributed by atoms with E-state index in [1.165, 1.54) is 24.3 Å². The van der Waals surface area contributed by atoms with Gasteiger partial charge >= 0.3 is 0 Å². The highest BCUT2D eigenvalue weighted by molar-refractivity contribution is 6.33. The number of rotatable bonds is 6. The predicted octanol–water partition coefficient (Wildman–Crippen LogP) is 2.04. The minimum absolute atomic E-state index is 0.0161. The molecule has 0 fully saturated rings. The van der Waals surface area contributed by atoms with Gasteiger partial charge in [0.25, 0.3) is 11.6 Å². The minimum atomic E-state index is -1.07. The van der Waals surface area contributed by atoms with Gasteiger partial charge in [-0.3, -0.25) is 14.9 Å². The lowest BCUT2D eigenvalue weighted by Crippen LogP contribution is -2.41. The van der Waals surface area contributed by atoms with Crippen LogP contribution in [0.15, 0.2) is 48.5 Å². The van der Waals surface area contributed by atoms with E-state index in [2.05, 4.69) is 5.32 Å². The lowest BCUT2D eigenvalue weighted by Gasteiger charge is -2.19. The maximum absolute atomic E-state index is 12.0. The van der Waals surface area contributed by atoms with Crippen LogP contribution in [-0.4, -0.2) is 28.5 Å². The molecule has 2 aromatic rings.